The van der Waals surface area contributed by atoms with Crippen molar-refractivity contribution >= 4 is 11.9 Å². The predicted octanol–water partition coefficient (Wildman–Crippen LogP) is 2.18. The molecule has 5 nitrogen and oxygen atoms in total. The van der Waals surface area contributed by atoms with Crippen molar-refractivity contribution in [2.45, 2.75) is 46.6 Å². The molecular formula is C14H26O5. The Morgan fingerprint density at radius 1 is 0.895 bits per heavy atom. The SMILES string of the molecule is CCC(C)(C(=O)OC)C(OC)C(C)(CC)C(=O)OC. The lowest BCUT2D eigenvalue weighted by atomic mass is 9.67. The van der Waals surface area contributed by atoms with E-state index in [-0.39, 0.29) is 11.9 Å². The van der Waals surface area contributed by atoms with E-state index in [9.17, 15) is 9.59 Å². The fourth-order valence-electron chi connectivity index (χ4n) is 2.56. The quantitative estimate of drug-likeness (QED) is 0.666. The summed E-state index contributed by atoms with van der Waals surface area (Å²) in [6.45, 7) is 7.25. The maximum atomic E-state index is 12.1. The first kappa shape index (κ1) is 17.9. The van der Waals surface area contributed by atoms with Gasteiger partial charge in [-0.25, -0.2) is 0 Å². The normalized spacial score (nSPS) is 18.9. The smallest absolute Gasteiger partial charge is 0.314 e. The van der Waals surface area contributed by atoms with E-state index >= 15 is 0 Å². The van der Waals surface area contributed by atoms with Gasteiger partial charge in [-0.05, 0) is 26.7 Å². The molecule has 0 amide bonds. The number of rotatable bonds is 7. The van der Waals surface area contributed by atoms with Crippen LogP contribution in [0.2, 0.25) is 0 Å². The molecule has 5 heteroatoms. The van der Waals surface area contributed by atoms with Gasteiger partial charge < -0.3 is 14.2 Å². The lowest BCUT2D eigenvalue weighted by molar-refractivity contribution is -0.182. The average Bonchev–Trinajstić information content (AvgIpc) is 2.45. The van der Waals surface area contributed by atoms with Crippen molar-refractivity contribution in [1.29, 1.82) is 0 Å². The third kappa shape index (κ3) is 3.08. The molecule has 0 heterocycles. The van der Waals surface area contributed by atoms with Crippen LogP contribution in [0.1, 0.15) is 40.5 Å². The van der Waals surface area contributed by atoms with Gasteiger partial charge in [0, 0.05) is 7.11 Å². The standard InChI is InChI=1S/C14H26O5/c1-8-13(3,11(15)18-6)10(17-5)14(4,9-2)12(16)19-7/h10H,8-9H2,1-7H3. The molecule has 0 fully saturated rings. The van der Waals surface area contributed by atoms with Gasteiger partial charge in [-0.2, -0.15) is 0 Å². The van der Waals surface area contributed by atoms with Gasteiger partial charge in [0.05, 0.1) is 31.2 Å². The molecule has 0 radical (unpaired) electrons. The highest BCUT2D eigenvalue weighted by Gasteiger charge is 2.54. The van der Waals surface area contributed by atoms with Crippen molar-refractivity contribution in [1.82, 2.24) is 0 Å². The van der Waals surface area contributed by atoms with Crippen molar-refractivity contribution in [3.05, 3.63) is 0 Å². The fourth-order valence-corrected chi connectivity index (χ4v) is 2.56. The maximum absolute atomic E-state index is 12.1. The summed E-state index contributed by atoms with van der Waals surface area (Å²) in [4.78, 5) is 24.2. The lowest BCUT2D eigenvalue weighted by Gasteiger charge is -2.42. The number of ether oxygens (including phenoxy) is 3. The average molecular weight is 274 g/mol. The molecule has 0 spiro atoms. The van der Waals surface area contributed by atoms with Crippen LogP contribution in [0.3, 0.4) is 0 Å². The fraction of sp³-hybridized carbons (Fsp3) is 0.857. The molecule has 0 bridgehead atoms. The first-order valence-corrected chi connectivity index (χ1v) is 6.48. The summed E-state index contributed by atoms with van der Waals surface area (Å²) < 4.78 is 15.2. The predicted molar refractivity (Wildman–Crippen MR) is 71.6 cm³/mol. The van der Waals surface area contributed by atoms with E-state index < -0.39 is 16.9 Å². The molecule has 0 aliphatic rings. The Hall–Kier alpha value is -1.10. The highest BCUT2D eigenvalue weighted by molar-refractivity contribution is 5.82. The monoisotopic (exact) mass is 274 g/mol. The number of hydrogen-bond donors (Lipinski definition) is 0. The Morgan fingerprint density at radius 2 is 1.21 bits per heavy atom. The van der Waals surface area contributed by atoms with Gasteiger partial charge in [0.15, 0.2) is 0 Å². The third-order valence-corrected chi connectivity index (χ3v) is 4.17. The van der Waals surface area contributed by atoms with Crippen LogP contribution in [0.25, 0.3) is 0 Å². The number of esters is 2. The second kappa shape index (κ2) is 6.89. The number of carbonyl (C=O) groups excluding carboxylic acids is 2. The molecule has 0 saturated heterocycles. The molecule has 0 aliphatic heterocycles. The van der Waals surface area contributed by atoms with Gasteiger partial charge in [0.1, 0.15) is 0 Å². The van der Waals surface area contributed by atoms with E-state index in [2.05, 4.69) is 0 Å². The van der Waals surface area contributed by atoms with Gasteiger partial charge in [-0.3, -0.25) is 9.59 Å². The van der Waals surface area contributed by atoms with E-state index in [1.807, 2.05) is 13.8 Å². The molecule has 0 rings (SSSR count). The molecule has 2 atom stereocenters. The zero-order chi connectivity index (χ0) is 15.3. The second-order valence-electron chi connectivity index (χ2n) is 5.14. The van der Waals surface area contributed by atoms with Crippen LogP contribution >= 0.6 is 0 Å². The van der Waals surface area contributed by atoms with Crippen LogP contribution in [0.5, 0.6) is 0 Å². The Kier molecular flexibility index (Phi) is 6.49. The lowest BCUT2D eigenvalue weighted by Crippen LogP contribution is -2.53. The van der Waals surface area contributed by atoms with Crippen molar-refractivity contribution in [2.24, 2.45) is 10.8 Å². The van der Waals surface area contributed by atoms with Crippen LogP contribution in [0, 0.1) is 10.8 Å². The Morgan fingerprint density at radius 3 is 1.37 bits per heavy atom. The van der Waals surface area contributed by atoms with Crippen LogP contribution in [0.4, 0.5) is 0 Å². The van der Waals surface area contributed by atoms with Gasteiger partial charge in [-0.1, -0.05) is 13.8 Å². The van der Waals surface area contributed by atoms with Crippen LogP contribution in [-0.2, 0) is 23.8 Å². The van der Waals surface area contributed by atoms with Crippen molar-refractivity contribution in [2.75, 3.05) is 21.3 Å². The molecule has 0 saturated carbocycles. The molecule has 2 unspecified atom stereocenters. The summed E-state index contributed by atoms with van der Waals surface area (Å²) in [5, 5.41) is 0. The minimum absolute atomic E-state index is 0.384. The van der Waals surface area contributed by atoms with Crippen LogP contribution in [-0.4, -0.2) is 39.4 Å². The third-order valence-electron chi connectivity index (χ3n) is 4.17. The van der Waals surface area contributed by atoms with Crippen molar-refractivity contribution in [3.8, 4) is 0 Å². The Balaban J connectivity index is 5.72. The minimum atomic E-state index is -0.900. The highest BCUT2D eigenvalue weighted by atomic mass is 16.5. The van der Waals surface area contributed by atoms with Gasteiger partial charge >= 0.3 is 11.9 Å². The largest absolute Gasteiger partial charge is 0.469 e. The van der Waals surface area contributed by atoms with Gasteiger partial charge in [0.25, 0.3) is 0 Å². The van der Waals surface area contributed by atoms with E-state index in [4.69, 9.17) is 14.2 Å². The molecular weight excluding hydrogens is 248 g/mol. The van der Waals surface area contributed by atoms with E-state index in [0.29, 0.717) is 12.8 Å². The summed E-state index contributed by atoms with van der Waals surface area (Å²) in [5.74, 6) is -0.768. The molecule has 0 aliphatic carbocycles. The molecule has 0 N–H and O–H groups in total. The van der Waals surface area contributed by atoms with Crippen molar-refractivity contribution < 1.29 is 23.8 Å². The first-order chi connectivity index (χ1) is 8.78. The Labute approximate surface area is 115 Å². The summed E-state index contributed by atoms with van der Waals surface area (Å²) in [7, 11) is 4.17. The van der Waals surface area contributed by atoms with E-state index in [0.717, 1.165) is 0 Å². The molecule has 19 heavy (non-hydrogen) atoms. The summed E-state index contributed by atoms with van der Waals surface area (Å²) in [6.07, 6.45) is 0.394. The molecule has 0 aromatic carbocycles. The van der Waals surface area contributed by atoms with E-state index in [1.165, 1.54) is 21.3 Å². The summed E-state index contributed by atoms with van der Waals surface area (Å²) in [5.41, 5.74) is -1.80. The van der Waals surface area contributed by atoms with Gasteiger partial charge in [0.2, 0.25) is 0 Å². The second-order valence-corrected chi connectivity index (χ2v) is 5.14. The number of hydrogen-bond acceptors (Lipinski definition) is 5. The molecule has 0 aromatic heterocycles. The maximum Gasteiger partial charge on any atom is 0.314 e. The molecule has 0 aromatic rings. The zero-order valence-corrected chi connectivity index (χ0v) is 13.0. The summed E-state index contributed by atoms with van der Waals surface area (Å²) in [6, 6.07) is 0. The van der Waals surface area contributed by atoms with Gasteiger partial charge in [-0.15, -0.1) is 0 Å². The Bertz CT molecular complexity index is 298. The first-order valence-electron chi connectivity index (χ1n) is 6.48. The van der Waals surface area contributed by atoms with E-state index in [1.54, 1.807) is 13.8 Å². The number of methoxy groups -OCH3 is 3. The van der Waals surface area contributed by atoms with Crippen molar-refractivity contribution in [3.63, 3.8) is 0 Å². The minimum Gasteiger partial charge on any atom is -0.469 e. The topological polar surface area (TPSA) is 61.8 Å². The zero-order valence-electron chi connectivity index (χ0n) is 13.0. The summed E-state index contributed by atoms with van der Waals surface area (Å²) >= 11 is 0. The highest BCUT2D eigenvalue weighted by Crippen LogP contribution is 2.42. The number of carbonyl (C=O) groups is 2. The van der Waals surface area contributed by atoms with Crippen LogP contribution < -0.4 is 0 Å². The molecule has 112 valence electrons. The van der Waals surface area contributed by atoms with Crippen LogP contribution in [0.15, 0.2) is 0 Å².